The van der Waals surface area contributed by atoms with Gasteiger partial charge in [0.15, 0.2) is 11.5 Å². The zero-order chi connectivity index (χ0) is 21.0. The number of aromatic nitrogens is 1. The number of methoxy groups -OCH3 is 2. The Bertz CT molecular complexity index is 1070. The Kier molecular flexibility index (Phi) is 5.97. The summed E-state index contributed by atoms with van der Waals surface area (Å²) in [6.07, 6.45) is 1.56. The molecule has 3 aromatic rings. The van der Waals surface area contributed by atoms with Gasteiger partial charge < -0.3 is 20.1 Å². The highest BCUT2D eigenvalue weighted by Crippen LogP contribution is 2.30. The quantitative estimate of drug-likeness (QED) is 0.666. The Morgan fingerprint density at radius 1 is 1.03 bits per heavy atom. The molecule has 7 heteroatoms. The van der Waals surface area contributed by atoms with Crippen LogP contribution in [-0.4, -0.2) is 31.0 Å². The Hall–Kier alpha value is -3.61. The van der Waals surface area contributed by atoms with Crippen LogP contribution in [-0.2, 0) is 4.79 Å². The normalized spacial score (nSPS) is 11.6. The van der Waals surface area contributed by atoms with E-state index < -0.39 is 0 Å². The summed E-state index contributed by atoms with van der Waals surface area (Å²) in [4.78, 5) is 28.7. The van der Waals surface area contributed by atoms with E-state index >= 15 is 0 Å². The van der Waals surface area contributed by atoms with Crippen LogP contribution >= 0.6 is 0 Å². The maximum atomic E-state index is 13.0. The summed E-state index contributed by atoms with van der Waals surface area (Å²) in [5.74, 6) is 0.789. The van der Waals surface area contributed by atoms with E-state index in [4.69, 9.17) is 9.47 Å². The van der Waals surface area contributed by atoms with Crippen LogP contribution in [0.15, 0.2) is 48.7 Å². The minimum Gasteiger partial charge on any atom is -0.493 e. The molecule has 1 aromatic heterocycles. The fourth-order valence-electron chi connectivity index (χ4n) is 3.14. The predicted octanol–water partition coefficient (Wildman–Crippen LogP) is 3.70. The molecule has 7 nitrogen and oxygen atoms in total. The lowest BCUT2D eigenvalue weighted by molar-refractivity contribution is -0.114. The molecule has 29 heavy (non-hydrogen) atoms. The zero-order valence-corrected chi connectivity index (χ0v) is 16.8. The molecule has 0 bridgehead atoms. The third-order valence-corrected chi connectivity index (χ3v) is 4.58. The molecule has 0 aliphatic carbocycles. The first-order valence-electron chi connectivity index (χ1n) is 9.12. The predicted molar refractivity (Wildman–Crippen MR) is 111 cm³/mol. The molecule has 2 N–H and O–H groups in total. The van der Waals surface area contributed by atoms with Crippen molar-refractivity contribution in [2.75, 3.05) is 19.5 Å². The van der Waals surface area contributed by atoms with Crippen molar-refractivity contribution in [3.05, 3.63) is 59.8 Å². The SMILES string of the molecule is COc1ccc([C@@H](C)NC(=O)c2ccnc3c(NC(C)=O)cccc23)cc1OC. The number of rotatable bonds is 6. The first-order chi connectivity index (χ1) is 13.9. The van der Waals surface area contributed by atoms with Crippen LogP contribution in [0.3, 0.4) is 0 Å². The van der Waals surface area contributed by atoms with Crippen molar-refractivity contribution in [3.63, 3.8) is 0 Å². The maximum Gasteiger partial charge on any atom is 0.252 e. The van der Waals surface area contributed by atoms with Gasteiger partial charge in [-0.3, -0.25) is 14.6 Å². The molecular formula is C22H23N3O4. The van der Waals surface area contributed by atoms with Gasteiger partial charge in [0, 0.05) is 18.5 Å². The summed E-state index contributed by atoms with van der Waals surface area (Å²) in [6.45, 7) is 3.32. The van der Waals surface area contributed by atoms with Gasteiger partial charge >= 0.3 is 0 Å². The number of anilines is 1. The minimum atomic E-state index is -0.260. The van der Waals surface area contributed by atoms with Crippen LogP contribution in [0.1, 0.15) is 35.8 Å². The second-order valence-electron chi connectivity index (χ2n) is 6.55. The monoisotopic (exact) mass is 393 g/mol. The van der Waals surface area contributed by atoms with Gasteiger partial charge in [-0.05, 0) is 36.8 Å². The third-order valence-electron chi connectivity index (χ3n) is 4.58. The van der Waals surface area contributed by atoms with E-state index in [1.165, 1.54) is 6.92 Å². The van der Waals surface area contributed by atoms with Crippen molar-refractivity contribution in [3.8, 4) is 11.5 Å². The van der Waals surface area contributed by atoms with Gasteiger partial charge in [0.25, 0.3) is 5.91 Å². The van der Waals surface area contributed by atoms with E-state index in [2.05, 4.69) is 15.6 Å². The van der Waals surface area contributed by atoms with E-state index in [9.17, 15) is 9.59 Å². The molecule has 1 atom stereocenters. The number of fused-ring (bicyclic) bond motifs is 1. The first-order valence-corrected chi connectivity index (χ1v) is 9.12. The van der Waals surface area contributed by atoms with E-state index in [1.807, 2.05) is 25.1 Å². The number of ether oxygens (including phenoxy) is 2. The molecule has 2 aromatic carbocycles. The number of pyridine rings is 1. The summed E-state index contributed by atoms with van der Waals surface area (Å²) in [5, 5.41) is 6.41. The molecule has 0 aliphatic rings. The highest BCUT2D eigenvalue weighted by Gasteiger charge is 2.17. The lowest BCUT2D eigenvalue weighted by Crippen LogP contribution is -2.27. The zero-order valence-electron chi connectivity index (χ0n) is 16.8. The summed E-state index contributed by atoms with van der Waals surface area (Å²) in [5.41, 5.74) is 2.49. The maximum absolute atomic E-state index is 13.0. The lowest BCUT2D eigenvalue weighted by atomic mass is 10.0. The van der Waals surface area contributed by atoms with Gasteiger partial charge in [-0.1, -0.05) is 18.2 Å². The molecule has 0 fully saturated rings. The molecular weight excluding hydrogens is 370 g/mol. The highest BCUT2D eigenvalue weighted by atomic mass is 16.5. The molecule has 0 radical (unpaired) electrons. The number of carbonyl (C=O) groups is 2. The Morgan fingerprint density at radius 3 is 2.48 bits per heavy atom. The lowest BCUT2D eigenvalue weighted by Gasteiger charge is -2.17. The summed E-state index contributed by atoms with van der Waals surface area (Å²) in [6, 6.07) is 12.3. The van der Waals surface area contributed by atoms with Crippen molar-refractivity contribution in [1.29, 1.82) is 0 Å². The number of hydrogen-bond acceptors (Lipinski definition) is 5. The molecule has 2 amide bonds. The van der Waals surface area contributed by atoms with Crippen LogP contribution in [0.2, 0.25) is 0 Å². The molecule has 0 spiro atoms. The van der Waals surface area contributed by atoms with Crippen molar-refractivity contribution in [1.82, 2.24) is 10.3 Å². The summed E-state index contributed by atoms with van der Waals surface area (Å²) < 4.78 is 10.6. The van der Waals surface area contributed by atoms with Crippen molar-refractivity contribution < 1.29 is 19.1 Å². The van der Waals surface area contributed by atoms with Gasteiger partial charge in [-0.2, -0.15) is 0 Å². The fourth-order valence-corrected chi connectivity index (χ4v) is 3.14. The average molecular weight is 393 g/mol. The highest BCUT2D eigenvalue weighted by molar-refractivity contribution is 6.10. The van der Waals surface area contributed by atoms with Gasteiger partial charge in [0.05, 0.1) is 37.0 Å². The third kappa shape index (κ3) is 4.29. The van der Waals surface area contributed by atoms with E-state index in [0.717, 1.165) is 5.56 Å². The van der Waals surface area contributed by atoms with E-state index in [-0.39, 0.29) is 17.9 Å². The number of carbonyl (C=O) groups excluding carboxylic acids is 2. The van der Waals surface area contributed by atoms with Crippen molar-refractivity contribution in [2.24, 2.45) is 0 Å². The second-order valence-corrected chi connectivity index (χ2v) is 6.55. The molecule has 0 saturated heterocycles. The average Bonchev–Trinajstić information content (AvgIpc) is 2.72. The molecule has 1 heterocycles. The van der Waals surface area contributed by atoms with Gasteiger partial charge in [-0.25, -0.2) is 0 Å². The molecule has 3 rings (SSSR count). The van der Waals surface area contributed by atoms with Gasteiger partial charge in [0.1, 0.15) is 0 Å². The minimum absolute atomic E-state index is 0.198. The standard InChI is InChI=1S/C22H23N3O4/c1-13(15-8-9-19(28-3)20(12-15)29-4)24-22(27)17-10-11-23-21-16(17)6-5-7-18(21)25-14(2)26/h5-13H,1-4H3,(H,24,27)(H,25,26)/t13-/m1/s1. The van der Waals surface area contributed by atoms with Gasteiger partial charge in [0.2, 0.25) is 5.91 Å². The largest absolute Gasteiger partial charge is 0.493 e. The second kappa shape index (κ2) is 8.60. The summed E-state index contributed by atoms with van der Waals surface area (Å²) >= 11 is 0. The van der Waals surface area contributed by atoms with E-state index in [0.29, 0.717) is 33.7 Å². The smallest absolute Gasteiger partial charge is 0.252 e. The van der Waals surface area contributed by atoms with Crippen LogP contribution in [0.5, 0.6) is 11.5 Å². The van der Waals surface area contributed by atoms with Crippen LogP contribution in [0.25, 0.3) is 10.9 Å². The number of benzene rings is 2. The summed E-state index contributed by atoms with van der Waals surface area (Å²) in [7, 11) is 3.15. The number of nitrogens with zero attached hydrogens (tertiary/aromatic N) is 1. The molecule has 150 valence electrons. The topological polar surface area (TPSA) is 89.5 Å². The Balaban J connectivity index is 1.89. The number of amides is 2. The van der Waals surface area contributed by atoms with Crippen LogP contribution in [0, 0.1) is 0 Å². The van der Waals surface area contributed by atoms with E-state index in [1.54, 1.807) is 44.7 Å². The van der Waals surface area contributed by atoms with Crippen molar-refractivity contribution in [2.45, 2.75) is 19.9 Å². The number of nitrogens with one attached hydrogen (secondary N) is 2. The molecule has 0 unspecified atom stereocenters. The first kappa shape index (κ1) is 20.1. The Morgan fingerprint density at radius 2 is 1.79 bits per heavy atom. The molecule has 0 saturated carbocycles. The van der Waals surface area contributed by atoms with Crippen LogP contribution in [0.4, 0.5) is 5.69 Å². The Labute approximate surface area is 169 Å². The number of para-hydroxylation sites is 1. The molecule has 0 aliphatic heterocycles. The number of hydrogen-bond donors (Lipinski definition) is 2. The van der Waals surface area contributed by atoms with Crippen molar-refractivity contribution >= 4 is 28.4 Å². The van der Waals surface area contributed by atoms with Crippen LogP contribution < -0.4 is 20.1 Å². The van der Waals surface area contributed by atoms with Gasteiger partial charge in [-0.15, -0.1) is 0 Å². The fraction of sp³-hybridized carbons (Fsp3) is 0.227.